The average Bonchev–Trinajstić information content (AvgIpc) is 2.55. The van der Waals surface area contributed by atoms with Crippen molar-refractivity contribution in [3.8, 4) is 5.75 Å². The van der Waals surface area contributed by atoms with Crippen molar-refractivity contribution in [2.24, 2.45) is 0 Å². The molecule has 0 aliphatic carbocycles. The second kappa shape index (κ2) is 9.13. The van der Waals surface area contributed by atoms with E-state index in [2.05, 4.69) is 5.32 Å². The zero-order valence-electron chi connectivity index (χ0n) is 14.3. The summed E-state index contributed by atoms with van der Waals surface area (Å²) in [7, 11) is 1.80. The Kier molecular flexibility index (Phi) is 6.89. The maximum Gasteiger partial charge on any atom is 0.234 e. The van der Waals surface area contributed by atoms with Gasteiger partial charge in [-0.1, -0.05) is 24.3 Å². The first-order valence-corrected chi connectivity index (χ1v) is 8.06. The molecule has 1 N–H and O–H groups in total. The Bertz CT molecular complexity index is 695. The fourth-order valence-corrected chi connectivity index (χ4v) is 2.38. The smallest absolute Gasteiger partial charge is 0.234 e. The van der Waals surface area contributed by atoms with Gasteiger partial charge in [-0.05, 0) is 32.2 Å². The van der Waals surface area contributed by atoms with E-state index in [1.54, 1.807) is 14.0 Å². The van der Waals surface area contributed by atoms with Crippen molar-refractivity contribution in [2.45, 2.75) is 13.0 Å². The van der Waals surface area contributed by atoms with Gasteiger partial charge in [0.05, 0.1) is 12.6 Å². The van der Waals surface area contributed by atoms with Crippen LogP contribution in [0.3, 0.4) is 0 Å². The predicted molar refractivity (Wildman–Crippen MR) is 92.3 cm³/mol. The molecule has 0 bridgehead atoms. The van der Waals surface area contributed by atoms with Gasteiger partial charge in [-0.3, -0.25) is 9.69 Å². The first kappa shape index (κ1) is 18.9. The zero-order valence-corrected chi connectivity index (χ0v) is 14.3. The van der Waals surface area contributed by atoms with E-state index in [4.69, 9.17) is 4.74 Å². The van der Waals surface area contributed by atoms with Gasteiger partial charge in [0.1, 0.15) is 24.0 Å². The molecule has 134 valence electrons. The highest BCUT2D eigenvalue weighted by Gasteiger charge is 2.15. The Morgan fingerprint density at radius 3 is 2.60 bits per heavy atom. The van der Waals surface area contributed by atoms with Crippen molar-refractivity contribution >= 4 is 5.91 Å². The number of nitrogens with one attached hydrogen (secondary N) is 1. The van der Waals surface area contributed by atoms with Gasteiger partial charge < -0.3 is 10.1 Å². The summed E-state index contributed by atoms with van der Waals surface area (Å²) in [6, 6.07) is 12.2. The molecule has 1 amide bonds. The highest BCUT2D eigenvalue weighted by Crippen LogP contribution is 2.17. The van der Waals surface area contributed by atoms with E-state index in [0.717, 1.165) is 11.8 Å². The van der Waals surface area contributed by atoms with Crippen LogP contribution in [0, 0.1) is 11.6 Å². The molecule has 0 heterocycles. The van der Waals surface area contributed by atoms with Crippen molar-refractivity contribution in [2.75, 3.05) is 26.7 Å². The molecule has 6 heteroatoms. The lowest BCUT2D eigenvalue weighted by atomic mass is 10.1. The van der Waals surface area contributed by atoms with Gasteiger partial charge in [0, 0.05) is 18.2 Å². The van der Waals surface area contributed by atoms with E-state index in [1.165, 1.54) is 12.1 Å². The number of likely N-dealkylation sites (N-methyl/N-ethyl adjacent to an activating group) is 1. The third-order valence-electron chi connectivity index (χ3n) is 3.70. The van der Waals surface area contributed by atoms with E-state index < -0.39 is 17.7 Å². The summed E-state index contributed by atoms with van der Waals surface area (Å²) in [5, 5.41) is 2.71. The van der Waals surface area contributed by atoms with Crippen LogP contribution in [0.15, 0.2) is 48.5 Å². The average molecular weight is 348 g/mol. The highest BCUT2D eigenvalue weighted by atomic mass is 19.1. The van der Waals surface area contributed by atoms with Crippen LogP contribution in [0.5, 0.6) is 5.75 Å². The van der Waals surface area contributed by atoms with Crippen molar-refractivity contribution in [3.63, 3.8) is 0 Å². The summed E-state index contributed by atoms with van der Waals surface area (Å²) >= 11 is 0. The third-order valence-corrected chi connectivity index (χ3v) is 3.70. The largest absolute Gasteiger partial charge is 0.492 e. The number of ether oxygens (including phenoxy) is 1. The molecule has 4 nitrogen and oxygen atoms in total. The Hall–Kier alpha value is -2.47. The van der Waals surface area contributed by atoms with Gasteiger partial charge in [-0.15, -0.1) is 0 Å². The van der Waals surface area contributed by atoms with Crippen LogP contribution in [0.1, 0.15) is 18.5 Å². The molecule has 2 aromatic rings. The first-order valence-electron chi connectivity index (χ1n) is 8.06. The van der Waals surface area contributed by atoms with Crippen LogP contribution >= 0.6 is 0 Å². The second-order valence-electron chi connectivity index (χ2n) is 5.85. The van der Waals surface area contributed by atoms with Crippen molar-refractivity contribution < 1.29 is 18.3 Å². The zero-order chi connectivity index (χ0) is 18.2. The van der Waals surface area contributed by atoms with Crippen LogP contribution in [0.25, 0.3) is 0 Å². The minimum atomic E-state index is -0.669. The molecule has 0 aromatic heterocycles. The Morgan fingerprint density at radius 2 is 1.92 bits per heavy atom. The number of benzene rings is 2. The van der Waals surface area contributed by atoms with Crippen LogP contribution in [-0.2, 0) is 4.79 Å². The molecule has 0 saturated carbocycles. The molecule has 25 heavy (non-hydrogen) atoms. The molecule has 0 fully saturated rings. The number of amides is 1. The molecular formula is C19H22F2N2O2. The molecule has 2 rings (SSSR count). The standard InChI is InChI=1S/C19H22F2N2O2/c1-14(17-9-8-15(20)12-18(17)21)22-19(24)13-23(2)10-11-25-16-6-4-3-5-7-16/h3-9,12,14H,10-11,13H2,1-2H3,(H,22,24). The summed E-state index contributed by atoms with van der Waals surface area (Å²) in [5.41, 5.74) is 0.254. The fraction of sp³-hybridized carbons (Fsp3) is 0.316. The number of nitrogens with zero attached hydrogens (tertiary/aromatic N) is 1. The molecular weight excluding hydrogens is 326 g/mol. The van der Waals surface area contributed by atoms with E-state index >= 15 is 0 Å². The molecule has 1 unspecified atom stereocenters. The summed E-state index contributed by atoms with van der Waals surface area (Å²) in [5.74, 6) is -0.769. The van der Waals surface area contributed by atoms with Crippen molar-refractivity contribution in [3.05, 3.63) is 65.7 Å². The number of carbonyl (C=O) groups is 1. The number of hydrogen-bond acceptors (Lipinski definition) is 3. The van der Waals surface area contributed by atoms with E-state index in [-0.39, 0.29) is 18.0 Å². The lowest BCUT2D eigenvalue weighted by molar-refractivity contribution is -0.122. The monoisotopic (exact) mass is 348 g/mol. The first-order chi connectivity index (χ1) is 12.0. The van der Waals surface area contributed by atoms with Crippen molar-refractivity contribution in [1.29, 1.82) is 0 Å². The molecule has 0 spiro atoms. The Morgan fingerprint density at radius 1 is 1.20 bits per heavy atom. The minimum absolute atomic E-state index is 0.158. The van der Waals surface area contributed by atoms with Gasteiger partial charge in [0.15, 0.2) is 0 Å². The number of rotatable bonds is 8. The van der Waals surface area contributed by atoms with E-state index in [1.807, 2.05) is 35.2 Å². The lowest BCUT2D eigenvalue weighted by Crippen LogP contribution is -2.38. The van der Waals surface area contributed by atoms with Crippen LogP contribution in [0.2, 0.25) is 0 Å². The number of carbonyl (C=O) groups excluding carboxylic acids is 1. The van der Waals surface area contributed by atoms with Crippen molar-refractivity contribution in [1.82, 2.24) is 10.2 Å². The highest BCUT2D eigenvalue weighted by molar-refractivity contribution is 5.78. The Balaban J connectivity index is 1.75. The van der Waals surface area contributed by atoms with Crippen LogP contribution < -0.4 is 10.1 Å². The fourth-order valence-electron chi connectivity index (χ4n) is 2.38. The molecule has 2 aromatic carbocycles. The summed E-state index contributed by atoms with van der Waals surface area (Å²) in [4.78, 5) is 13.9. The molecule has 0 saturated heterocycles. The van der Waals surface area contributed by atoms with E-state index in [9.17, 15) is 13.6 Å². The van der Waals surface area contributed by atoms with Gasteiger partial charge in [-0.25, -0.2) is 8.78 Å². The number of hydrogen-bond donors (Lipinski definition) is 1. The molecule has 0 aliphatic heterocycles. The van der Waals surface area contributed by atoms with Gasteiger partial charge in [0.2, 0.25) is 5.91 Å². The predicted octanol–water partition coefficient (Wildman–Crippen LogP) is 3.15. The molecule has 0 radical (unpaired) electrons. The van der Waals surface area contributed by atoms with Crippen LogP contribution in [0.4, 0.5) is 8.78 Å². The lowest BCUT2D eigenvalue weighted by Gasteiger charge is -2.19. The molecule has 0 aliphatic rings. The van der Waals surface area contributed by atoms with Gasteiger partial charge in [-0.2, -0.15) is 0 Å². The summed E-state index contributed by atoms with van der Waals surface area (Å²) in [6.45, 7) is 2.84. The third kappa shape index (κ3) is 6.15. The number of para-hydroxylation sites is 1. The number of halogens is 2. The van der Waals surface area contributed by atoms with Crippen LogP contribution in [-0.4, -0.2) is 37.6 Å². The summed E-state index contributed by atoms with van der Waals surface area (Å²) < 4.78 is 32.2. The summed E-state index contributed by atoms with van der Waals surface area (Å²) in [6.07, 6.45) is 0. The minimum Gasteiger partial charge on any atom is -0.492 e. The van der Waals surface area contributed by atoms with E-state index in [0.29, 0.717) is 13.2 Å². The normalized spacial score (nSPS) is 12.0. The SMILES string of the molecule is CC(NC(=O)CN(C)CCOc1ccccc1)c1ccc(F)cc1F. The van der Waals surface area contributed by atoms with Gasteiger partial charge in [0.25, 0.3) is 0 Å². The van der Waals surface area contributed by atoms with Gasteiger partial charge >= 0.3 is 0 Å². The topological polar surface area (TPSA) is 41.6 Å². The maximum absolute atomic E-state index is 13.7. The second-order valence-corrected chi connectivity index (χ2v) is 5.85. The maximum atomic E-state index is 13.7. The quantitative estimate of drug-likeness (QED) is 0.797. The Labute approximate surface area is 146 Å². The molecule has 1 atom stereocenters.